The fraction of sp³-hybridized carbons (Fsp3) is 0.615. The first kappa shape index (κ1) is 18.3. The van der Waals surface area contributed by atoms with Crippen molar-refractivity contribution in [2.75, 3.05) is 12.0 Å². The van der Waals surface area contributed by atoms with E-state index < -0.39 is 36.6 Å². The second-order valence-corrected chi connectivity index (χ2v) is 5.62. The highest BCUT2D eigenvalue weighted by Crippen LogP contribution is 2.21. The molecular formula is C13H21NO6S. The molecule has 6 atom stereocenters. The highest BCUT2D eigenvalue weighted by atomic mass is 32.2. The summed E-state index contributed by atoms with van der Waals surface area (Å²) in [5, 5.41) is 58.8. The van der Waals surface area contributed by atoms with E-state index in [1.54, 1.807) is 6.26 Å². The van der Waals surface area contributed by atoms with Crippen LogP contribution in [0, 0.1) is 0 Å². The second-order valence-electron chi connectivity index (χ2n) is 4.71. The number of nitrogens with zero attached hydrogens (tertiary/aromatic N) is 1. The molecule has 0 saturated heterocycles. The van der Waals surface area contributed by atoms with Gasteiger partial charge in [-0.2, -0.15) is 11.8 Å². The van der Waals surface area contributed by atoms with E-state index in [4.69, 9.17) is 0 Å². The van der Waals surface area contributed by atoms with Gasteiger partial charge in [0.15, 0.2) is 0 Å². The van der Waals surface area contributed by atoms with Crippen LogP contribution >= 0.6 is 11.8 Å². The van der Waals surface area contributed by atoms with E-state index in [1.165, 1.54) is 36.3 Å². The molecule has 1 aromatic heterocycles. The Kier molecular flexibility index (Phi) is 7.53. The summed E-state index contributed by atoms with van der Waals surface area (Å²) < 4.78 is 0. The van der Waals surface area contributed by atoms with Gasteiger partial charge in [0.1, 0.15) is 30.5 Å². The molecule has 0 amide bonds. The maximum absolute atomic E-state index is 9.93. The molecule has 120 valence electrons. The molecule has 21 heavy (non-hydrogen) atoms. The molecule has 0 aliphatic rings. The molecule has 0 radical (unpaired) electrons. The van der Waals surface area contributed by atoms with Gasteiger partial charge >= 0.3 is 0 Å². The normalized spacial score (nSPS) is 20.3. The zero-order valence-corrected chi connectivity index (χ0v) is 12.3. The van der Waals surface area contributed by atoms with Crippen molar-refractivity contribution in [3.63, 3.8) is 0 Å². The maximum atomic E-state index is 9.93. The van der Waals surface area contributed by atoms with E-state index in [2.05, 4.69) is 4.98 Å². The SMILES string of the molecule is CSCC(O)C(O)C(O)C(O)C(O)C(O)c1ccncc1. The Balaban J connectivity index is 2.70. The Morgan fingerprint density at radius 1 is 0.905 bits per heavy atom. The molecule has 7 nitrogen and oxygen atoms in total. The van der Waals surface area contributed by atoms with E-state index in [9.17, 15) is 30.6 Å². The molecule has 0 aliphatic carbocycles. The number of aromatic nitrogens is 1. The third-order valence-corrected chi connectivity index (χ3v) is 3.83. The van der Waals surface area contributed by atoms with Crippen molar-refractivity contribution >= 4 is 11.8 Å². The van der Waals surface area contributed by atoms with E-state index in [0.29, 0.717) is 5.56 Å². The van der Waals surface area contributed by atoms with E-state index in [1.807, 2.05) is 0 Å². The molecule has 0 spiro atoms. The van der Waals surface area contributed by atoms with Crippen LogP contribution in [0.25, 0.3) is 0 Å². The number of hydrogen-bond donors (Lipinski definition) is 6. The molecule has 1 aromatic rings. The van der Waals surface area contributed by atoms with Crippen LogP contribution in [-0.4, -0.2) is 78.2 Å². The van der Waals surface area contributed by atoms with Crippen molar-refractivity contribution in [1.29, 1.82) is 0 Å². The van der Waals surface area contributed by atoms with Crippen molar-refractivity contribution in [1.82, 2.24) is 4.98 Å². The second kappa shape index (κ2) is 8.64. The van der Waals surface area contributed by atoms with E-state index in [-0.39, 0.29) is 5.75 Å². The number of hydrogen-bond acceptors (Lipinski definition) is 8. The fourth-order valence-corrected chi connectivity index (χ4v) is 2.38. The van der Waals surface area contributed by atoms with Gasteiger partial charge in [-0.3, -0.25) is 4.98 Å². The summed E-state index contributed by atoms with van der Waals surface area (Å²) in [7, 11) is 0. The topological polar surface area (TPSA) is 134 Å². The summed E-state index contributed by atoms with van der Waals surface area (Å²) in [6.45, 7) is 0. The van der Waals surface area contributed by atoms with Crippen LogP contribution in [0.5, 0.6) is 0 Å². The lowest BCUT2D eigenvalue weighted by Gasteiger charge is -2.31. The summed E-state index contributed by atoms with van der Waals surface area (Å²) in [4.78, 5) is 3.76. The van der Waals surface area contributed by atoms with Crippen molar-refractivity contribution in [2.24, 2.45) is 0 Å². The van der Waals surface area contributed by atoms with Crippen molar-refractivity contribution in [3.05, 3.63) is 30.1 Å². The van der Waals surface area contributed by atoms with Gasteiger partial charge in [-0.25, -0.2) is 0 Å². The lowest BCUT2D eigenvalue weighted by atomic mass is 9.94. The fourth-order valence-electron chi connectivity index (χ4n) is 1.85. The minimum Gasteiger partial charge on any atom is -0.389 e. The molecule has 0 bridgehead atoms. The molecule has 0 aliphatic heterocycles. The molecule has 1 heterocycles. The van der Waals surface area contributed by atoms with Crippen LogP contribution < -0.4 is 0 Å². The largest absolute Gasteiger partial charge is 0.389 e. The zero-order chi connectivity index (χ0) is 16.0. The molecular weight excluding hydrogens is 298 g/mol. The average Bonchev–Trinajstić information content (AvgIpc) is 2.52. The first-order chi connectivity index (χ1) is 9.90. The first-order valence-corrected chi connectivity index (χ1v) is 7.76. The van der Waals surface area contributed by atoms with Gasteiger partial charge in [0, 0.05) is 18.1 Å². The Labute approximate surface area is 126 Å². The van der Waals surface area contributed by atoms with Gasteiger partial charge in [0.2, 0.25) is 0 Å². The first-order valence-electron chi connectivity index (χ1n) is 6.37. The predicted molar refractivity (Wildman–Crippen MR) is 77.6 cm³/mol. The molecule has 0 fully saturated rings. The highest BCUT2D eigenvalue weighted by Gasteiger charge is 2.37. The molecule has 6 unspecified atom stereocenters. The number of aliphatic hydroxyl groups excluding tert-OH is 6. The van der Waals surface area contributed by atoms with Crippen LogP contribution in [0.1, 0.15) is 11.7 Å². The molecule has 0 saturated carbocycles. The highest BCUT2D eigenvalue weighted by molar-refractivity contribution is 7.98. The van der Waals surface area contributed by atoms with Crippen LogP contribution in [0.15, 0.2) is 24.5 Å². The number of rotatable bonds is 8. The van der Waals surface area contributed by atoms with Crippen molar-refractivity contribution in [3.8, 4) is 0 Å². The quantitative estimate of drug-likeness (QED) is 0.333. The monoisotopic (exact) mass is 319 g/mol. The summed E-state index contributed by atoms with van der Waals surface area (Å²) >= 11 is 1.26. The molecule has 1 rings (SSSR count). The summed E-state index contributed by atoms with van der Waals surface area (Å²) in [6, 6.07) is 2.90. The minimum absolute atomic E-state index is 0.161. The van der Waals surface area contributed by atoms with Crippen molar-refractivity contribution < 1.29 is 30.6 Å². The van der Waals surface area contributed by atoms with E-state index >= 15 is 0 Å². The Morgan fingerprint density at radius 3 is 1.95 bits per heavy atom. The minimum atomic E-state index is -1.82. The van der Waals surface area contributed by atoms with Crippen molar-refractivity contribution in [2.45, 2.75) is 36.6 Å². The van der Waals surface area contributed by atoms with Crippen LogP contribution in [-0.2, 0) is 0 Å². The standard InChI is InChI=1S/C13H21NO6S/c1-21-6-8(15)10(17)12(19)13(20)11(18)9(16)7-2-4-14-5-3-7/h2-5,8-13,15-20H,6H2,1H3. The summed E-state index contributed by atoms with van der Waals surface area (Å²) in [6.07, 6.45) is -5.15. The van der Waals surface area contributed by atoms with Gasteiger partial charge in [-0.05, 0) is 24.0 Å². The van der Waals surface area contributed by atoms with Gasteiger partial charge < -0.3 is 30.6 Å². The average molecular weight is 319 g/mol. The van der Waals surface area contributed by atoms with Gasteiger partial charge in [-0.15, -0.1) is 0 Å². The predicted octanol–water partition coefficient (Wildman–Crippen LogP) is -1.72. The lowest BCUT2D eigenvalue weighted by molar-refractivity contribution is -0.151. The van der Waals surface area contributed by atoms with E-state index in [0.717, 1.165) is 0 Å². The number of thioether (sulfide) groups is 1. The maximum Gasteiger partial charge on any atom is 0.113 e. The van der Waals surface area contributed by atoms with Crippen LogP contribution in [0.3, 0.4) is 0 Å². The molecule has 0 aromatic carbocycles. The lowest BCUT2D eigenvalue weighted by Crippen LogP contribution is -2.51. The van der Waals surface area contributed by atoms with Gasteiger partial charge in [0.05, 0.1) is 6.10 Å². The number of pyridine rings is 1. The third-order valence-electron chi connectivity index (χ3n) is 3.15. The Hall–Kier alpha value is -0.740. The third kappa shape index (κ3) is 4.89. The van der Waals surface area contributed by atoms with Gasteiger partial charge in [0.25, 0.3) is 0 Å². The zero-order valence-electron chi connectivity index (χ0n) is 11.5. The molecule has 6 N–H and O–H groups in total. The summed E-state index contributed by atoms with van der Waals surface area (Å²) in [5.74, 6) is 0.161. The van der Waals surface area contributed by atoms with Gasteiger partial charge in [-0.1, -0.05) is 0 Å². The smallest absolute Gasteiger partial charge is 0.113 e. The number of aliphatic hydroxyl groups is 6. The Morgan fingerprint density at radius 2 is 1.43 bits per heavy atom. The summed E-state index contributed by atoms with van der Waals surface area (Å²) in [5.41, 5.74) is 0.308. The van der Waals surface area contributed by atoms with Crippen LogP contribution in [0.4, 0.5) is 0 Å². The van der Waals surface area contributed by atoms with Crippen LogP contribution in [0.2, 0.25) is 0 Å². The molecule has 8 heteroatoms. The Bertz CT molecular complexity index is 409.